The van der Waals surface area contributed by atoms with Crippen molar-refractivity contribution in [1.82, 2.24) is 0 Å². The smallest absolute Gasteiger partial charge is 0.339 e. The van der Waals surface area contributed by atoms with Crippen LogP contribution in [0, 0.1) is 0 Å². The van der Waals surface area contributed by atoms with E-state index in [0.29, 0.717) is 25.7 Å². The van der Waals surface area contributed by atoms with Gasteiger partial charge in [0.1, 0.15) is 34.5 Å². The van der Waals surface area contributed by atoms with Crippen molar-refractivity contribution in [2.45, 2.75) is 129 Å². The summed E-state index contributed by atoms with van der Waals surface area (Å²) in [5, 5.41) is 19.4. The number of ketones is 2. The Labute approximate surface area is 272 Å². The van der Waals surface area contributed by atoms with Crippen LogP contribution in [-0.2, 0) is 19.2 Å². The second-order valence-corrected chi connectivity index (χ2v) is 11.6. The van der Waals surface area contributed by atoms with E-state index in [4.69, 9.17) is 9.47 Å². The van der Waals surface area contributed by atoms with Gasteiger partial charge >= 0.3 is 11.9 Å². The number of Topliss-reactive ketones (excluding diaryl/α,β-unsaturated/α-hetero) is 2. The summed E-state index contributed by atoms with van der Waals surface area (Å²) in [6.07, 6.45) is 15.4. The van der Waals surface area contributed by atoms with Crippen LogP contribution in [-0.4, -0.2) is 58.8 Å². The number of hydrogen-bond donors (Lipinski definition) is 2. The number of hydrogen-bond acceptors (Lipinski definition) is 8. The fourth-order valence-electron chi connectivity index (χ4n) is 4.88. The van der Waals surface area contributed by atoms with Crippen molar-refractivity contribution in [2.24, 2.45) is 0 Å². The van der Waals surface area contributed by atoms with Gasteiger partial charge in [0.15, 0.2) is 11.6 Å². The summed E-state index contributed by atoms with van der Waals surface area (Å²) in [6.45, 7) is 3.50. The molecule has 0 spiro atoms. The van der Waals surface area contributed by atoms with Crippen molar-refractivity contribution in [3.05, 3.63) is 34.4 Å². The molecule has 1 aromatic rings. The van der Waals surface area contributed by atoms with Gasteiger partial charge < -0.3 is 19.7 Å². The van der Waals surface area contributed by atoms with E-state index in [-0.39, 0.29) is 58.6 Å². The normalized spacial score (nSPS) is 10.5. The van der Waals surface area contributed by atoms with E-state index in [2.05, 4.69) is 0 Å². The molecule has 0 aliphatic heterocycles. The van der Waals surface area contributed by atoms with Gasteiger partial charge in [-0.2, -0.15) is 0 Å². The molecule has 0 radical (unpaired) electrons. The first-order valence-electron chi connectivity index (χ1n) is 16.5. The minimum atomic E-state index is -1.23. The maximum Gasteiger partial charge on any atom is 0.339 e. The van der Waals surface area contributed by atoms with Crippen molar-refractivity contribution in [1.29, 1.82) is 0 Å². The molecule has 0 unspecified atom stereocenters. The van der Waals surface area contributed by atoms with E-state index in [1.165, 1.54) is 26.0 Å². The van der Waals surface area contributed by atoms with Gasteiger partial charge in [0, 0.05) is 12.8 Å². The Morgan fingerprint density at radius 2 is 0.804 bits per heavy atom. The van der Waals surface area contributed by atoms with Gasteiger partial charge in [-0.15, -0.1) is 0 Å². The van der Waals surface area contributed by atoms with Crippen molar-refractivity contribution in [3.8, 4) is 11.5 Å². The van der Waals surface area contributed by atoms with Crippen LogP contribution in [0.25, 0.3) is 0 Å². The molecule has 0 atom stereocenters. The molecule has 1 rings (SSSR count). The molecule has 0 saturated carbocycles. The Hall–Kier alpha value is -4.00. The van der Waals surface area contributed by atoms with Crippen LogP contribution in [0.4, 0.5) is 0 Å². The molecule has 0 saturated heterocycles. The Kier molecular flexibility index (Phi) is 21.1. The van der Waals surface area contributed by atoms with Crippen LogP contribution in [0.2, 0.25) is 0 Å². The van der Waals surface area contributed by atoms with E-state index in [1.807, 2.05) is 0 Å². The monoisotopic (exact) mass is 642 g/mol. The lowest BCUT2D eigenvalue weighted by Gasteiger charge is -2.14. The Morgan fingerprint density at radius 1 is 0.522 bits per heavy atom. The van der Waals surface area contributed by atoms with Crippen LogP contribution in [0.15, 0.2) is 23.3 Å². The number of unbranched alkanes of at least 4 members (excludes halogenated alkanes) is 14. The number of carboxylic acids is 2. The fourth-order valence-corrected chi connectivity index (χ4v) is 4.88. The number of carbonyl (C=O) groups excluding carboxylic acids is 4. The average Bonchev–Trinajstić information content (AvgIpc) is 3.04. The zero-order valence-corrected chi connectivity index (χ0v) is 27.5. The average molecular weight is 643 g/mol. The highest BCUT2D eigenvalue weighted by molar-refractivity contribution is 6.02. The first-order chi connectivity index (χ1) is 22.1. The number of carboxylic acid groups (broad SMARTS) is 2. The summed E-state index contributed by atoms with van der Waals surface area (Å²) >= 11 is 0. The van der Waals surface area contributed by atoms with E-state index in [0.717, 1.165) is 89.9 Å². The highest BCUT2D eigenvalue weighted by Gasteiger charge is 2.21. The highest BCUT2D eigenvalue weighted by Crippen LogP contribution is 2.30. The van der Waals surface area contributed by atoms with Crippen LogP contribution < -0.4 is 9.47 Å². The number of aromatic carboxylic acids is 2. The molecule has 0 amide bonds. The fraction of sp³-hybridized carbons (Fsp3) is 0.611. The summed E-state index contributed by atoms with van der Waals surface area (Å²) in [4.78, 5) is 67.9. The van der Waals surface area contributed by atoms with Gasteiger partial charge in [0.2, 0.25) is 0 Å². The molecule has 46 heavy (non-hydrogen) atoms. The van der Waals surface area contributed by atoms with Gasteiger partial charge in [0.05, 0.1) is 24.4 Å². The lowest BCUT2D eigenvalue weighted by molar-refractivity contribution is -0.116. The predicted octanol–water partition coefficient (Wildman–Crippen LogP) is 7.56. The Morgan fingerprint density at radius 3 is 1.09 bits per heavy atom. The van der Waals surface area contributed by atoms with Gasteiger partial charge in [-0.05, 0) is 51.7 Å². The van der Waals surface area contributed by atoms with Crippen molar-refractivity contribution in [2.75, 3.05) is 13.2 Å². The predicted molar refractivity (Wildman–Crippen MR) is 174 cm³/mol. The van der Waals surface area contributed by atoms with E-state index in [1.54, 1.807) is 11.9 Å². The Bertz CT molecular complexity index is 1140. The molecule has 0 aliphatic rings. The minimum Gasteiger partial charge on any atom is -0.493 e. The third kappa shape index (κ3) is 16.9. The van der Waals surface area contributed by atoms with Gasteiger partial charge in [-0.3, -0.25) is 9.59 Å². The van der Waals surface area contributed by atoms with E-state index in [9.17, 15) is 39.0 Å². The molecule has 0 fully saturated rings. The highest BCUT2D eigenvalue weighted by atomic mass is 16.5. The van der Waals surface area contributed by atoms with Crippen molar-refractivity contribution >= 4 is 35.4 Å². The molecule has 0 bridgehead atoms. The molecule has 0 aromatic heterocycles. The molecule has 10 nitrogen and oxygen atoms in total. The lowest BCUT2D eigenvalue weighted by atomic mass is 10.0. The first kappa shape index (κ1) is 40.0. The third-order valence-electron chi connectivity index (χ3n) is 7.80. The number of rotatable bonds is 28. The van der Waals surface area contributed by atoms with E-state index >= 15 is 0 Å². The number of ether oxygens (including phenoxy) is 2. The SMILES string of the molecule is CC(=C=O)C(=O)CCCCCCCCCCOc1cc(C(=O)O)c(OCCCCCCCCCCC(=O)C(C)=C=O)cc1C(=O)O. The first-order valence-corrected chi connectivity index (χ1v) is 16.5. The molecule has 0 heterocycles. The van der Waals surface area contributed by atoms with E-state index < -0.39 is 11.9 Å². The van der Waals surface area contributed by atoms with Crippen LogP contribution in [0.5, 0.6) is 11.5 Å². The number of benzene rings is 1. The standard InChI is InChI=1S/C36H50O10/c1-27(25-37)31(39)19-15-11-7-3-5-9-13-17-21-45-33-23-30(36(43)44)34(24-29(33)35(41)42)46-22-18-14-10-6-4-8-12-16-20-32(40)28(2)26-38/h23-24H,3-22H2,1-2H3,(H,41,42)(H,43,44). The molecule has 2 N–H and O–H groups in total. The number of allylic oxidation sites excluding steroid dienone is 2. The zero-order chi connectivity index (χ0) is 34.2. The number of carbonyl (C=O) groups is 4. The zero-order valence-electron chi connectivity index (χ0n) is 27.5. The summed E-state index contributed by atoms with van der Waals surface area (Å²) in [6, 6.07) is 2.45. The summed E-state index contributed by atoms with van der Waals surface area (Å²) in [7, 11) is 0. The van der Waals surface area contributed by atoms with Gasteiger partial charge in [0.25, 0.3) is 0 Å². The van der Waals surface area contributed by atoms with Crippen LogP contribution in [0.3, 0.4) is 0 Å². The maximum absolute atomic E-state index is 11.9. The summed E-state index contributed by atoms with van der Waals surface area (Å²) in [5.41, 5.74) is 0.0166. The largest absolute Gasteiger partial charge is 0.493 e. The second-order valence-electron chi connectivity index (χ2n) is 11.6. The minimum absolute atomic E-state index is 0.00571. The lowest BCUT2D eigenvalue weighted by Crippen LogP contribution is -2.10. The molecular weight excluding hydrogens is 592 g/mol. The summed E-state index contributed by atoms with van der Waals surface area (Å²) in [5.74, 6) is 0.554. The van der Waals surface area contributed by atoms with Gasteiger partial charge in [-0.1, -0.05) is 77.0 Å². The van der Waals surface area contributed by atoms with Crippen LogP contribution in [0.1, 0.15) is 150 Å². The molecule has 254 valence electrons. The molecular formula is C36H50O10. The molecule has 10 heteroatoms. The van der Waals surface area contributed by atoms with Crippen molar-refractivity contribution < 1.29 is 48.5 Å². The topological polar surface area (TPSA) is 161 Å². The quantitative estimate of drug-likeness (QED) is 0.0530. The molecule has 0 aliphatic carbocycles. The third-order valence-corrected chi connectivity index (χ3v) is 7.80. The maximum atomic E-state index is 11.9. The second kappa shape index (κ2) is 24.3. The van der Waals surface area contributed by atoms with Gasteiger partial charge in [-0.25, -0.2) is 19.2 Å². The van der Waals surface area contributed by atoms with Crippen molar-refractivity contribution in [3.63, 3.8) is 0 Å². The molecule has 1 aromatic carbocycles. The van der Waals surface area contributed by atoms with Crippen LogP contribution >= 0.6 is 0 Å². The summed E-state index contributed by atoms with van der Waals surface area (Å²) < 4.78 is 11.4. The Balaban J connectivity index is 2.34.